The molecule has 3 aromatic rings. The van der Waals surface area contributed by atoms with Crippen LogP contribution in [0.25, 0.3) is 0 Å². The van der Waals surface area contributed by atoms with Crippen molar-refractivity contribution in [3.8, 4) is 5.75 Å². The second-order valence-corrected chi connectivity index (χ2v) is 6.63. The topological polar surface area (TPSA) is 69.6 Å². The average Bonchev–Trinajstić information content (AvgIpc) is 2.67. The molecule has 0 saturated heterocycles. The summed E-state index contributed by atoms with van der Waals surface area (Å²) in [6, 6.07) is 14.8. The fraction of sp³-hybridized carbons (Fsp3) is 0.100. The van der Waals surface area contributed by atoms with E-state index in [1.165, 1.54) is 25.4 Å². The SMILES string of the molecule is COc1ccc(Cl)cc1NC(=O)c1cccn(OCc2cccc(Cl)c2)c1=O. The first kappa shape index (κ1) is 19.8. The van der Waals surface area contributed by atoms with Gasteiger partial charge in [-0.15, -0.1) is 0 Å². The highest BCUT2D eigenvalue weighted by atomic mass is 35.5. The van der Waals surface area contributed by atoms with Crippen molar-refractivity contribution in [2.24, 2.45) is 0 Å². The van der Waals surface area contributed by atoms with Gasteiger partial charge in [-0.2, -0.15) is 4.73 Å². The molecule has 0 aliphatic rings. The molecule has 0 atom stereocenters. The maximum atomic E-state index is 12.6. The summed E-state index contributed by atoms with van der Waals surface area (Å²) in [5.41, 5.74) is 0.464. The Balaban J connectivity index is 1.79. The third-order valence-corrected chi connectivity index (χ3v) is 4.30. The summed E-state index contributed by atoms with van der Waals surface area (Å²) < 4.78 is 6.20. The maximum Gasteiger partial charge on any atom is 0.295 e. The van der Waals surface area contributed by atoms with Crippen LogP contribution in [0.4, 0.5) is 5.69 Å². The summed E-state index contributed by atoms with van der Waals surface area (Å²) in [5, 5.41) is 3.62. The second-order valence-electron chi connectivity index (χ2n) is 5.75. The second kappa shape index (κ2) is 8.82. The van der Waals surface area contributed by atoms with Crippen LogP contribution in [0, 0.1) is 0 Å². The lowest BCUT2D eigenvalue weighted by molar-refractivity contribution is 0.0863. The molecule has 0 spiro atoms. The van der Waals surface area contributed by atoms with Gasteiger partial charge in [0.25, 0.3) is 11.5 Å². The predicted molar refractivity (Wildman–Crippen MR) is 108 cm³/mol. The van der Waals surface area contributed by atoms with Crippen molar-refractivity contribution < 1.29 is 14.4 Å². The van der Waals surface area contributed by atoms with Crippen LogP contribution in [-0.2, 0) is 6.61 Å². The molecule has 0 unspecified atom stereocenters. The maximum absolute atomic E-state index is 12.6. The highest BCUT2D eigenvalue weighted by molar-refractivity contribution is 6.31. The molecule has 1 N–H and O–H groups in total. The normalized spacial score (nSPS) is 10.4. The van der Waals surface area contributed by atoms with Crippen molar-refractivity contribution >= 4 is 34.8 Å². The number of rotatable bonds is 6. The number of carbonyl (C=O) groups excluding carboxylic acids is 1. The lowest BCUT2D eigenvalue weighted by Crippen LogP contribution is -2.32. The van der Waals surface area contributed by atoms with Crippen LogP contribution >= 0.6 is 23.2 Å². The number of anilines is 1. The molecule has 1 heterocycles. The zero-order chi connectivity index (χ0) is 20.1. The van der Waals surface area contributed by atoms with Crippen molar-refractivity contribution in [1.82, 2.24) is 4.73 Å². The fourth-order valence-electron chi connectivity index (χ4n) is 2.49. The molecule has 28 heavy (non-hydrogen) atoms. The first-order valence-electron chi connectivity index (χ1n) is 8.22. The number of benzene rings is 2. The average molecular weight is 419 g/mol. The van der Waals surface area contributed by atoms with E-state index in [1.54, 1.807) is 36.4 Å². The number of hydrogen-bond donors (Lipinski definition) is 1. The van der Waals surface area contributed by atoms with Gasteiger partial charge in [-0.25, -0.2) is 0 Å². The van der Waals surface area contributed by atoms with E-state index in [0.29, 0.717) is 21.5 Å². The molecule has 1 aromatic heterocycles. The minimum absolute atomic E-state index is 0.0874. The Hall–Kier alpha value is -2.96. The molecule has 1 amide bonds. The number of nitrogens with one attached hydrogen (secondary N) is 1. The van der Waals surface area contributed by atoms with E-state index >= 15 is 0 Å². The van der Waals surface area contributed by atoms with Crippen molar-refractivity contribution in [2.75, 3.05) is 12.4 Å². The van der Waals surface area contributed by atoms with E-state index in [-0.39, 0.29) is 12.2 Å². The van der Waals surface area contributed by atoms with E-state index in [4.69, 9.17) is 32.8 Å². The Bertz CT molecular complexity index is 1070. The van der Waals surface area contributed by atoms with Gasteiger partial charge in [-0.1, -0.05) is 35.3 Å². The lowest BCUT2D eigenvalue weighted by Gasteiger charge is -2.12. The summed E-state index contributed by atoms with van der Waals surface area (Å²) in [6.07, 6.45) is 1.43. The summed E-state index contributed by atoms with van der Waals surface area (Å²) in [7, 11) is 1.47. The largest absolute Gasteiger partial charge is 0.495 e. The summed E-state index contributed by atoms with van der Waals surface area (Å²) in [4.78, 5) is 30.7. The van der Waals surface area contributed by atoms with Crippen LogP contribution in [0.3, 0.4) is 0 Å². The van der Waals surface area contributed by atoms with E-state index in [1.807, 2.05) is 6.07 Å². The zero-order valence-corrected chi connectivity index (χ0v) is 16.3. The van der Waals surface area contributed by atoms with Gasteiger partial charge in [0.05, 0.1) is 12.8 Å². The third-order valence-electron chi connectivity index (χ3n) is 3.83. The van der Waals surface area contributed by atoms with Gasteiger partial charge < -0.3 is 14.9 Å². The smallest absolute Gasteiger partial charge is 0.295 e. The molecular weight excluding hydrogens is 403 g/mol. The molecule has 0 radical (unpaired) electrons. The first-order chi connectivity index (χ1) is 13.5. The first-order valence-corrected chi connectivity index (χ1v) is 8.98. The van der Waals surface area contributed by atoms with Gasteiger partial charge in [0.1, 0.15) is 17.9 Å². The highest BCUT2D eigenvalue weighted by Gasteiger charge is 2.15. The van der Waals surface area contributed by atoms with Crippen LogP contribution in [0.15, 0.2) is 65.6 Å². The van der Waals surface area contributed by atoms with Gasteiger partial charge in [0.2, 0.25) is 0 Å². The molecule has 6 nitrogen and oxygen atoms in total. The zero-order valence-electron chi connectivity index (χ0n) is 14.8. The Labute approximate surface area is 171 Å². The Kier molecular flexibility index (Phi) is 6.23. The number of hydrogen-bond acceptors (Lipinski definition) is 4. The number of halogens is 2. The fourth-order valence-corrected chi connectivity index (χ4v) is 2.87. The molecule has 0 bridgehead atoms. The van der Waals surface area contributed by atoms with Crippen LogP contribution in [-0.4, -0.2) is 17.7 Å². The molecular formula is C20H16Cl2N2O4. The van der Waals surface area contributed by atoms with Crippen molar-refractivity contribution in [2.45, 2.75) is 6.61 Å². The van der Waals surface area contributed by atoms with E-state index in [9.17, 15) is 9.59 Å². The quantitative estimate of drug-likeness (QED) is 0.655. The Morgan fingerprint density at radius 2 is 1.86 bits per heavy atom. The number of amides is 1. The molecule has 144 valence electrons. The molecule has 0 aliphatic carbocycles. The number of nitrogens with zero attached hydrogens (tertiary/aromatic N) is 1. The van der Waals surface area contributed by atoms with Crippen LogP contribution < -0.4 is 20.5 Å². The van der Waals surface area contributed by atoms with Gasteiger partial charge in [0, 0.05) is 16.2 Å². The summed E-state index contributed by atoms with van der Waals surface area (Å²) in [5.74, 6) is -0.183. The minimum Gasteiger partial charge on any atom is -0.495 e. The number of carbonyl (C=O) groups is 1. The van der Waals surface area contributed by atoms with Gasteiger partial charge >= 0.3 is 0 Å². The lowest BCUT2D eigenvalue weighted by atomic mass is 10.2. The van der Waals surface area contributed by atoms with Crippen molar-refractivity contribution in [3.05, 3.63) is 92.3 Å². The predicted octanol–water partition coefficient (Wildman–Crippen LogP) is 4.04. The summed E-state index contributed by atoms with van der Waals surface area (Å²) >= 11 is 11.9. The van der Waals surface area contributed by atoms with Gasteiger partial charge in [0.15, 0.2) is 0 Å². The van der Waals surface area contributed by atoms with E-state index < -0.39 is 11.5 Å². The highest BCUT2D eigenvalue weighted by Crippen LogP contribution is 2.27. The molecule has 8 heteroatoms. The van der Waals surface area contributed by atoms with E-state index in [2.05, 4.69) is 5.32 Å². The van der Waals surface area contributed by atoms with Gasteiger partial charge in [-0.3, -0.25) is 9.59 Å². The number of pyridine rings is 1. The van der Waals surface area contributed by atoms with Crippen LogP contribution in [0.5, 0.6) is 5.75 Å². The summed E-state index contributed by atoms with van der Waals surface area (Å²) in [6.45, 7) is 0.119. The van der Waals surface area contributed by atoms with Gasteiger partial charge in [-0.05, 0) is 48.0 Å². The third kappa shape index (κ3) is 4.65. The van der Waals surface area contributed by atoms with E-state index in [0.717, 1.165) is 10.3 Å². The molecule has 3 rings (SSSR count). The molecule has 0 fully saturated rings. The minimum atomic E-state index is -0.605. The van der Waals surface area contributed by atoms with Crippen LogP contribution in [0.1, 0.15) is 15.9 Å². The Morgan fingerprint density at radius 3 is 2.61 bits per heavy atom. The van der Waals surface area contributed by atoms with Crippen molar-refractivity contribution in [3.63, 3.8) is 0 Å². The molecule has 0 saturated carbocycles. The monoisotopic (exact) mass is 418 g/mol. The van der Waals surface area contributed by atoms with Crippen LogP contribution in [0.2, 0.25) is 10.0 Å². The number of methoxy groups -OCH3 is 1. The molecule has 0 aliphatic heterocycles. The number of ether oxygens (including phenoxy) is 1. The number of aromatic nitrogens is 1. The van der Waals surface area contributed by atoms with Crippen molar-refractivity contribution in [1.29, 1.82) is 0 Å². The molecule has 2 aromatic carbocycles. The standard InChI is InChI=1S/C20H16Cl2N2O4/c1-27-18-8-7-15(22)11-17(18)23-19(25)16-6-3-9-24(20(16)26)28-12-13-4-2-5-14(21)10-13/h2-11H,12H2,1H3,(H,23,25). The Morgan fingerprint density at radius 1 is 1.07 bits per heavy atom.